The minimum Gasteiger partial charge on any atom is -0.349 e. The molecule has 1 atom stereocenters. The zero-order valence-electron chi connectivity index (χ0n) is 13.2. The third-order valence-corrected chi connectivity index (χ3v) is 4.54. The van der Waals surface area contributed by atoms with Crippen LogP contribution < -0.4 is 10.9 Å². The summed E-state index contributed by atoms with van der Waals surface area (Å²) in [6.45, 7) is 1.97. The van der Waals surface area contributed by atoms with Crippen LogP contribution in [0.2, 0.25) is 0 Å². The van der Waals surface area contributed by atoms with E-state index in [4.69, 9.17) is 0 Å². The summed E-state index contributed by atoms with van der Waals surface area (Å²) in [6, 6.07) is 15.4. The molecule has 0 spiro atoms. The first-order valence-corrected chi connectivity index (χ1v) is 8.57. The topological polar surface area (TPSA) is 74.8 Å². The third kappa shape index (κ3) is 3.83. The lowest BCUT2D eigenvalue weighted by atomic mass is 10.00. The van der Waals surface area contributed by atoms with Crippen LogP contribution in [0.5, 0.6) is 0 Å². The maximum Gasteiger partial charge on any atom is 0.251 e. The highest BCUT2D eigenvalue weighted by Gasteiger charge is 2.12. The Hall–Kier alpha value is -2.60. The molecule has 3 aromatic rings. The number of hydrogen-bond acceptors (Lipinski definition) is 4. The zero-order chi connectivity index (χ0) is 16.9. The van der Waals surface area contributed by atoms with E-state index < -0.39 is 0 Å². The van der Waals surface area contributed by atoms with E-state index in [0.29, 0.717) is 5.16 Å². The Labute approximate surface area is 143 Å². The van der Waals surface area contributed by atoms with Crippen molar-refractivity contribution in [1.29, 1.82) is 0 Å². The van der Waals surface area contributed by atoms with Gasteiger partial charge in [-0.15, -0.1) is 0 Å². The fraction of sp³-hybridized carbons (Fsp3) is 0.167. The molecule has 1 heterocycles. The van der Waals surface area contributed by atoms with E-state index in [2.05, 4.69) is 33.5 Å². The van der Waals surface area contributed by atoms with Gasteiger partial charge in [0.15, 0.2) is 5.16 Å². The Balaban J connectivity index is 1.66. The molecule has 0 saturated heterocycles. The van der Waals surface area contributed by atoms with E-state index in [-0.39, 0.29) is 23.3 Å². The number of H-pyrrole nitrogens is 1. The SMILES string of the molecule is C[C@H](NC(=O)CSc1nccc(=O)[nH]1)c1cccc2ccccc12. The number of hydrogen-bond donors (Lipinski definition) is 2. The number of aromatic amines is 1. The molecule has 0 aliphatic rings. The number of aromatic nitrogens is 2. The van der Waals surface area contributed by atoms with Gasteiger partial charge in [-0.25, -0.2) is 4.98 Å². The number of rotatable bonds is 5. The summed E-state index contributed by atoms with van der Waals surface area (Å²) in [6.07, 6.45) is 1.43. The summed E-state index contributed by atoms with van der Waals surface area (Å²) < 4.78 is 0. The molecule has 2 aromatic carbocycles. The van der Waals surface area contributed by atoms with Crippen LogP contribution in [0.1, 0.15) is 18.5 Å². The Morgan fingerprint density at radius 1 is 1.21 bits per heavy atom. The van der Waals surface area contributed by atoms with E-state index in [1.54, 1.807) is 0 Å². The van der Waals surface area contributed by atoms with Crippen molar-refractivity contribution in [2.24, 2.45) is 0 Å². The predicted octanol–water partition coefficient (Wildman–Crippen LogP) is 2.89. The molecule has 0 fully saturated rings. The summed E-state index contributed by atoms with van der Waals surface area (Å²) in [4.78, 5) is 30.0. The molecule has 5 nitrogen and oxygen atoms in total. The highest BCUT2D eigenvalue weighted by Crippen LogP contribution is 2.24. The van der Waals surface area contributed by atoms with E-state index in [9.17, 15) is 9.59 Å². The molecule has 0 radical (unpaired) electrons. The van der Waals surface area contributed by atoms with Gasteiger partial charge in [0, 0.05) is 12.3 Å². The van der Waals surface area contributed by atoms with Crippen LogP contribution in [-0.4, -0.2) is 21.6 Å². The van der Waals surface area contributed by atoms with Crippen LogP contribution in [0.3, 0.4) is 0 Å². The fourth-order valence-corrected chi connectivity index (χ4v) is 3.21. The van der Waals surface area contributed by atoms with Gasteiger partial charge in [0.05, 0.1) is 11.8 Å². The van der Waals surface area contributed by atoms with Crippen LogP contribution in [0.25, 0.3) is 10.8 Å². The van der Waals surface area contributed by atoms with Gasteiger partial charge in [0.2, 0.25) is 5.91 Å². The molecular formula is C18H17N3O2S. The van der Waals surface area contributed by atoms with E-state index in [1.807, 2.05) is 31.2 Å². The van der Waals surface area contributed by atoms with Gasteiger partial charge >= 0.3 is 0 Å². The predicted molar refractivity (Wildman–Crippen MR) is 96.1 cm³/mol. The highest BCUT2D eigenvalue weighted by molar-refractivity contribution is 7.99. The lowest BCUT2D eigenvalue weighted by Gasteiger charge is -2.16. The molecular weight excluding hydrogens is 322 g/mol. The van der Waals surface area contributed by atoms with Gasteiger partial charge in [0.1, 0.15) is 0 Å². The summed E-state index contributed by atoms with van der Waals surface area (Å²) in [5.74, 6) is 0.0918. The molecule has 2 N–H and O–H groups in total. The lowest BCUT2D eigenvalue weighted by molar-refractivity contribution is -0.119. The molecule has 24 heavy (non-hydrogen) atoms. The van der Waals surface area contributed by atoms with Gasteiger partial charge in [0.25, 0.3) is 5.56 Å². The fourth-order valence-electron chi connectivity index (χ4n) is 2.55. The van der Waals surface area contributed by atoms with Crippen LogP contribution in [0.15, 0.2) is 64.7 Å². The van der Waals surface area contributed by atoms with E-state index in [1.165, 1.54) is 24.0 Å². The molecule has 0 aliphatic heterocycles. The molecule has 122 valence electrons. The van der Waals surface area contributed by atoms with Gasteiger partial charge < -0.3 is 10.3 Å². The standard InChI is InChI=1S/C18H17N3O2S/c1-12(14-8-4-6-13-5-2-3-7-15(13)14)20-17(23)11-24-18-19-10-9-16(22)21-18/h2-10,12H,11H2,1H3,(H,20,23)(H,19,21,22)/t12-/m0/s1. The quantitative estimate of drug-likeness (QED) is 0.554. The molecule has 3 rings (SSSR count). The smallest absolute Gasteiger partial charge is 0.251 e. The second kappa shape index (κ2) is 7.31. The minimum atomic E-state index is -0.225. The number of nitrogens with one attached hydrogen (secondary N) is 2. The maximum atomic E-state index is 12.2. The summed E-state index contributed by atoms with van der Waals surface area (Å²) in [5.41, 5.74) is 0.856. The van der Waals surface area contributed by atoms with Crippen molar-refractivity contribution >= 4 is 28.4 Å². The summed E-state index contributed by atoms with van der Waals surface area (Å²) >= 11 is 1.20. The Bertz CT molecular complexity index is 918. The van der Waals surface area contributed by atoms with E-state index in [0.717, 1.165) is 16.3 Å². The number of carbonyl (C=O) groups is 1. The van der Waals surface area contributed by atoms with Crippen LogP contribution in [0.4, 0.5) is 0 Å². The van der Waals surface area contributed by atoms with Crippen molar-refractivity contribution in [1.82, 2.24) is 15.3 Å². The molecule has 0 bridgehead atoms. The number of carbonyl (C=O) groups excluding carboxylic acids is 1. The summed E-state index contributed by atoms with van der Waals surface area (Å²) in [7, 11) is 0. The average Bonchev–Trinajstić information content (AvgIpc) is 2.59. The van der Waals surface area contributed by atoms with E-state index >= 15 is 0 Å². The first-order chi connectivity index (χ1) is 11.6. The number of thioether (sulfide) groups is 1. The molecule has 1 amide bonds. The number of fused-ring (bicyclic) bond motifs is 1. The van der Waals surface area contributed by atoms with Crippen molar-refractivity contribution in [3.05, 3.63) is 70.6 Å². The van der Waals surface area contributed by atoms with Crippen LogP contribution in [0, 0.1) is 0 Å². The highest BCUT2D eigenvalue weighted by atomic mass is 32.2. The first kappa shape index (κ1) is 16.3. The van der Waals surface area contributed by atoms with Crippen molar-refractivity contribution in [3.8, 4) is 0 Å². The minimum absolute atomic E-state index is 0.105. The van der Waals surface area contributed by atoms with Crippen molar-refractivity contribution in [3.63, 3.8) is 0 Å². The van der Waals surface area contributed by atoms with Gasteiger partial charge in [-0.2, -0.15) is 0 Å². The largest absolute Gasteiger partial charge is 0.349 e. The Morgan fingerprint density at radius 3 is 2.83 bits per heavy atom. The van der Waals surface area contributed by atoms with Crippen molar-refractivity contribution < 1.29 is 4.79 Å². The second-order valence-electron chi connectivity index (χ2n) is 5.39. The number of nitrogens with zero attached hydrogens (tertiary/aromatic N) is 1. The number of benzene rings is 2. The lowest BCUT2D eigenvalue weighted by Crippen LogP contribution is -2.28. The van der Waals surface area contributed by atoms with Crippen molar-refractivity contribution in [2.75, 3.05) is 5.75 Å². The zero-order valence-corrected chi connectivity index (χ0v) is 14.0. The Morgan fingerprint density at radius 2 is 2.00 bits per heavy atom. The average molecular weight is 339 g/mol. The monoisotopic (exact) mass is 339 g/mol. The normalized spacial score (nSPS) is 12.0. The molecule has 0 saturated carbocycles. The third-order valence-electron chi connectivity index (χ3n) is 3.66. The Kier molecular flexibility index (Phi) is 4.96. The molecule has 0 aliphatic carbocycles. The molecule has 0 unspecified atom stereocenters. The van der Waals surface area contributed by atoms with Gasteiger partial charge in [-0.05, 0) is 23.3 Å². The number of amides is 1. The summed E-state index contributed by atoms with van der Waals surface area (Å²) in [5, 5.41) is 5.72. The molecule has 1 aromatic heterocycles. The van der Waals surface area contributed by atoms with Crippen molar-refractivity contribution in [2.45, 2.75) is 18.1 Å². The van der Waals surface area contributed by atoms with Gasteiger partial charge in [-0.3, -0.25) is 9.59 Å². The molecule has 6 heteroatoms. The first-order valence-electron chi connectivity index (χ1n) is 7.58. The maximum absolute atomic E-state index is 12.2. The van der Waals surface area contributed by atoms with Gasteiger partial charge in [-0.1, -0.05) is 54.2 Å². The van der Waals surface area contributed by atoms with Crippen LogP contribution in [-0.2, 0) is 4.79 Å². The van der Waals surface area contributed by atoms with Crippen LogP contribution >= 0.6 is 11.8 Å². The second-order valence-corrected chi connectivity index (χ2v) is 6.35.